The number of rotatable bonds is 5. The average Bonchev–Trinajstić information content (AvgIpc) is 3.37. The number of ether oxygens (including phenoxy) is 1. The second-order valence-electron chi connectivity index (χ2n) is 9.43. The first-order valence-electron chi connectivity index (χ1n) is 12.2. The zero-order chi connectivity index (χ0) is 24.4. The maximum absolute atomic E-state index is 13.2. The second-order valence-corrected chi connectivity index (χ2v) is 11.3. The zero-order valence-corrected chi connectivity index (χ0v) is 20.5. The van der Waals surface area contributed by atoms with Crippen molar-refractivity contribution in [2.75, 3.05) is 45.9 Å². The molecule has 2 aromatic carbocycles. The number of hydrogen-bond donors (Lipinski definition) is 0. The number of carbonyl (C=O) groups is 1. The first-order chi connectivity index (χ1) is 17.0. The standard InChI is InChI=1S/C26H30N4O4S/c27-18-23-3-1-2-4-25(23)35(32,33)30-10-7-21(8-11-30)26(31)29-14-12-28(13-15-29)19-20-5-6-24-22(17-20)9-16-34-24/h1-6,17,21H,7-16,19H2. The van der Waals surface area contributed by atoms with E-state index in [1.807, 2.05) is 11.0 Å². The van der Waals surface area contributed by atoms with E-state index in [2.05, 4.69) is 23.1 Å². The van der Waals surface area contributed by atoms with Gasteiger partial charge in [0, 0.05) is 58.2 Å². The minimum absolute atomic E-state index is 0.0410. The van der Waals surface area contributed by atoms with E-state index in [0.29, 0.717) is 39.0 Å². The Labute approximate surface area is 206 Å². The number of piperidine rings is 1. The van der Waals surface area contributed by atoms with E-state index in [9.17, 15) is 18.5 Å². The van der Waals surface area contributed by atoms with Crippen molar-refractivity contribution in [3.63, 3.8) is 0 Å². The van der Waals surface area contributed by atoms with E-state index < -0.39 is 10.0 Å². The molecule has 0 spiro atoms. The van der Waals surface area contributed by atoms with E-state index in [1.165, 1.54) is 27.6 Å². The molecule has 9 heteroatoms. The number of nitrogens with zero attached hydrogens (tertiary/aromatic N) is 4. The van der Waals surface area contributed by atoms with Gasteiger partial charge in [-0.15, -0.1) is 0 Å². The van der Waals surface area contributed by atoms with Crippen LogP contribution in [0, 0.1) is 17.2 Å². The van der Waals surface area contributed by atoms with Gasteiger partial charge in [0.15, 0.2) is 0 Å². The highest BCUT2D eigenvalue weighted by molar-refractivity contribution is 7.89. The fourth-order valence-electron chi connectivity index (χ4n) is 5.25. The van der Waals surface area contributed by atoms with Gasteiger partial charge in [0.25, 0.3) is 0 Å². The third-order valence-electron chi connectivity index (χ3n) is 7.27. The van der Waals surface area contributed by atoms with Crippen LogP contribution in [-0.4, -0.2) is 74.3 Å². The predicted molar refractivity (Wildman–Crippen MR) is 130 cm³/mol. The molecule has 2 fully saturated rings. The molecule has 0 radical (unpaired) electrons. The molecule has 0 aliphatic carbocycles. The molecule has 3 aliphatic rings. The first kappa shape index (κ1) is 23.8. The summed E-state index contributed by atoms with van der Waals surface area (Å²) in [5.41, 5.74) is 2.71. The minimum atomic E-state index is -3.75. The molecule has 3 aliphatic heterocycles. The molecule has 2 saturated heterocycles. The number of sulfonamides is 1. The highest BCUT2D eigenvalue weighted by atomic mass is 32.2. The molecule has 0 unspecified atom stereocenters. The quantitative estimate of drug-likeness (QED) is 0.633. The summed E-state index contributed by atoms with van der Waals surface area (Å²) in [4.78, 5) is 17.5. The van der Waals surface area contributed by atoms with Crippen molar-refractivity contribution in [2.45, 2.75) is 30.7 Å². The van der Waals surface area contributed by atoms with Crippen molar-refractivity contribution >= 4 is 15.9 Å². The average molecular weight is 495 g/mol. The van der Waals surface area contributed by atoms with Crippen LogP contribution in [0.5, 0.6) is 5.75 Å². The van der Waals surface area contributed by atoms with E-state index in [4.69, 9.17) is 4.74 Å². The fraction of sp³-hybridized carbons (Fsp3) is 0.462. The normalized spacial score (nSPS) is 19.7. The monoisotopic (exact) mass is 494 g/mol. The van der Waals surface area contributed by atoms with Gasteiger partial charge in [0.05, 0.1) is 17.1 Å². The van der Waals surface area contributed by atoms with Crippen molar-refractivity contribution in [3.05, 3.63) is 59.2 Å². The Bertz CT molecular complexity index is 1240. The topological polar surface area (TPSA) is 94.0 Å². The van der Waals surface area contributed by atoms with E-state index >= 15 is 0 Å². The lowest BCUT2D eigenvalue weighted by Crippen LogP contribution is -2.51. The van der Waals surface area contributed by atoms with Crippen LogP contribution in [0.2, 0.25) is 0 Å². The molecule has 0 aromatic heterocycles. The lowest BCUT2D eigenvalue weighted by molar-refractivity contribution is -0.138. The molecule has 1 amide bonds. The van der Waals surface area contributed by atoms with E-state index in [1.54, 1.807) is 12.1 Å². The van der Waals surface area contributed by atoms with Crippen LogP contribution in [0.1, 0.15) is 29.5 Å². The molecule has 0 saturated carbocycles. The molecule has 0 atom stereocenters. The number of carbonyl (C=O) groups excluding carboxylic acids is 1. The maximum Gasteiger partial charge on any atom is 0.244 e. The highest BCUT2D eigenvalue weighted by Gasteiger charge is 2.35. The van der Waals surface area contributed by atoms with Gasteiger partial charge in [0.2, 0.25) is 15.9 Å². The van der Waals surface area contributed by atoms with Gasteiger partial charge in [-0.05, 0) is 42.2 Å². The van der Waals surface area contributed by atoms with Crippen LogP contribution in [-0.2, 0) is 27.8 Å². The van der Waals surface area contributed by atoms with E-state index in [0.717, 1.165) is 38.4 Å². The van der Waals surface area contributed by atoms with Crippen LogP contribution in [0.4, 0.5) is 0 Å². The van der Waals surface area contributed by atoms with Crippen LogP contribution in [0.15, 0.2) is 47.4 Å². The van der Waals surface area contributed by atoms with Crippen LogP contribution < -0.4 is 4.74 Å². The number of fused-ring (bicyclic) bond motifs is 1. The van der Waals surface area contributed by atoms with E-state index in [-0.39, 0.29) is 22.3 Å². The third kappa shape index (κ3) is 4.92. The second kappa shape index (κ2) is 9.97. The summed E-state index contributed by atoms with van der Waals surface area (Å²) in [6.45, 7) is 5.27. The SMILES string of the molecule is N#Cc1ccccc1S(=O)(=O)N1CCC(C(=O)N2CCN(Cc3ccc4c(c3)CCO4)CC2)CC1. The molecule has 3 heterocycles. The number of hydrogen-bond acceptors (Lipinski definition) is 6. The van der Waals surface area contributed by atoms with Crippen LogP contribution in [0.25, 0.3) is 0 Å². The van der Waals surface area contributed by atoms with Gasteiger partial charge in [-0.3, -0.25) is 9.69 Å². The van der Waals surface area contributed by atoms with Crippen LogP contribution >= 0.6 is 0 Å². The summed E-state index contributed by atoms with van der Waals surface area (Å²) >= 11 is 0. The minimum Gasteiger partial charge on any atom is -0.493 e. The van der Waals surface area contributed by atoms with Crippen molar-refractivity contribution in [1.29, 1.82) is 5.26 Å². The van der Waals surface area contributed by atoms with Gasteiger partial charge in [0.1, 0.15) is 11.8 Å². The van der Waals surface area contributed by atoms with Gasteiger partial charge in [-0.25, -0.2) is 8.42 Å². The Morgan fingerprint density at radius 3 is 2.51 bits per heavy atom. The molecule has 0 bridgehead atoms. The molecule has 2 aromatic rings. The Morgan fingerprint density at radius 1 is 1.03 bits per heavy atom. The molecular formula is C26H30N4O4S. The Kier molecular flexibility index (Phi) is 6.78. The Balaban J connectivity index is 1.12. The largest absolute Gasteiger partial charge is 0.493 e. The summed E-state index contributed by atoms with van der Waals surface area (Å²) in [6, 6.07) is 14.7. The van der Waals surface area contributed by atoms with Gasteiger partial charge < -0.3 is 9.64 Å². The number of benzene rings is 2. The lowest BCUT2D eigenvalue weighted by atomic mass is 9.96. The summed E-state index contributed by atoms with van der Waals surface area (Å²) in [7, 11) is -3.75. The molecule has 184 valence electrons. The fourth-order valence-corrected chi connectivity index (χ4v) is 6.86. The number of amides is 1. The van der Waals surface area contributed by atoms with Crippen molar-refractivity contribution in [1.82, 2.24) is 14.1 Å². The highest BCUT2D eigenvalue weighted by Crippen LogP contribution is 2.28. The van der Waals surface area contributed by atoms with Crippen LogP contribution in [0.3, 0.4) is 0 Å². The number of nitriles is 1. The molecule has 35 heavy (non-hydrogen) atoms. The maximum atomic E-state index is 13.2. The summed E-state index contributed by atoms with van der Waals surface area (Å²) in [5.74, 6) is 0.974. The molecule has 0 N–H and O–H groups in total. The smallest absolute Gasteiger partial charge is 0.244 e. The number of piperazine rings is 1. The molecule has 8 nitrogen and oxygen atoms in total. The van der Waals surface area contributed by atoms with Crippen molar-refractivity contribution in [3.8, 4) is 11.8 Å². The summed E-state index contributed by atoms with van der Waals surface area (Å²) < 4.78 is 33.1. The summed E-state index contributed by atoms with van der Waals surface area (Å²) in [5, 5.41) is 9.29. The van der Waals surface area contributed by atoms with Crippen molar-refractivity contribution in [2.24, 2.45) is 5.92 Å². The molecule has 5 rings (SSSR count). The van der Waals surface area contributed by atoms with Gasteiger partial charge in [-0.1, -0.05) is 24.3 Å². The zero-order valence-electron chi connectivity index (χ0n) is 19.7. The van der Waals surface area contributed by atoms with Gasteiger partial charge >= 0.3 is 0 Å². The van der Waals surface area contributed by atoms with Gasteiger partial charge in [-0.2, -0.15) is 9.57 Å². The Morgan fingerprint density at radius 2 is 1.77 bits per heavy atom. The summed E-state index contributed by atoms with van der Waals surface area (Å²) in [6.07, 6.45) is 1.98. The third-order valence-corrected chi connectivity index (χ3v) is 9.23. The predicted octanol–water partition coefficient (Wildman–Crippen LogP) is 2.24. The molecular weight excluding hydrogens is 464 g/mol. The van der Waals surface area contributed by atoms with Crippen molar-refractivity contribution < 1.29 is 17.9 Å². The first-order valence-corrected chi connectivity index (χ1v) is 13.6. The Hall–Kier alpha value is -2.93. The lowest BCUT2D eigenvalue weighted by Gasteiger charge is -2.38.